The molecule has 0 aliphatic heterocycles. The lowest BCUT2D eigenvalue weighted by Gasteiger charge is -2.03. The van der Waals surface area contributed by atoms with E-state index in [1.165, 1.54) is 0 Å². The molecule has 0 aromatic heterocycles. The van der Waals surface area contributed by atoms with Crippen molar-refractivity contribution in [1.29, 1.82) is 0 Å². The normalized spacial score (nSPS) is 12.2. The first-order valence-corrected chi connectivity index (χ1v) is 3.72. The maximum Gasteiger partial charge on any atom is 0.356 e. The van der Waals surface area contributed by atoms with Gasteiger partial charge in [-0.15, -0.1) is 0 Å². The third-order valence-electron chi connectivity index (χ3n) is 1.16. The van der Waals surface area contributed by atoms with Gasteiger partial charge in [-0.1, -0.05) is 29.8 Å². The van der Waals surface area contributed by atoms with Crippen molar-refractivity contribution in [2.45, 2.75) is 5.56 Å². The zero-order chi connectivity index (χ0) is 8.97. The molecule has 4 heteroatoms. The smallest absolute Gasteiger partial charge is 0.356 e. The highest BCUT2D eigenvalue weighted by Crippen LogP contribution is 2.09. The second-order valence-corrected chi connectivity index (χ2v) is 2.48. The summed E-state index contributed by atoms with van der Waals surface area (Å²) in [6.07, 6.45) is 0. The van der Waals surface area contributed by atoms with Crippen LogP contribution in [-0.2, 0) is 4.79 Å². The minimum atomic E-state index is -1.61. The zero-order valence-corrected chi connectivity index (χ0v) is 6.86. The molecule has 0 radical (unpaired) electrons. The molecule has 64 valence electrons. The van der Waals surface area contributed by atoms with Gasteiger partial charge >= 0.3 is 5.97 Å². The zero-order valence-electron chi connectivity index (χ0n) is 6.11. The molecule has 1 atom stereocenters. The van der Waals surface area contributed by atoms with Gasteiger partial charge in [0.25, 0.3) is 0 Å². The lowest BCUT2D eigenvalue weighted by Crippen LogP contribution is -2.19. The highest BCUT2D eigenvalue weighted by atomic mass is 35.5. The fraction of sp³-hybridized carbons (Fsp3) is 0.125. The fourth-order valence-electron chi connectivity index (χ4n) is 0.653. The largest absolute Gasteiger partial charge is 0.424 e. The molecule has 1 N–H and O–H groups in total. The number of benzene rings is 1. The van der Waals surface area contributed by atoms with E-state index in [9.17, 15) is 4.79 Å². The minimum Gasteiger partial charge on any atom is -0.424 e. The summed E-state index contributed by atoms with van der Waals surface area (Å²) in [7, 11) is 0. The monoisotopic (exact) mass is 186 g/mol. The maximum absolute atomic E-state index is 10.7. The number of hydrogen-bond donors (Lipinski definition) is 1. The number of aliphatic hydroxyl groups excluding tert-OH is 1. The second kappa shape index (κ2) is 4.09. The topological polar surface area (TPSA) is 46.5 Å². The van der Waals surface area contributed by atoms with Crippen molar-refractivity contribution in [2.75, 3.05) is 0 Å². The van der Waals surface area contributed by atoms with Gasteiger partial charge in [-0.25, -0.2) is 4.79 Å². The number of rotatable bonds is 2. The van der Waals surface area contributed by atoms with Crippen LogP contribution in [-0.4, -0.2) is 16.6 Å². The number of para-hydroxylation sites is 1. The number of alkyl halides is 1. The van der Waals surface area contributed by atoms with Crippen molar-refractivity contribution >= 4 is 17.6 Å². The van der Waals surface area contributed by atoms with Crippen LogP contribution in [0, 0.1) is 0 Å². The Balaban J connectivity index is 2.59. The summed E-state index contributed by atoms with van der Waals surface area (Å²) >= 11 is 5.06. The quantitative estimate of drug-likeness (QED) is 0.428. The highest BCUT2D eigenvalue weighted by Gasteiger charge is 2.12. The van der Waals surface area contributed by atoms with Gasteiger partial charge < -0.3 is 9.84 Å². The molecule has 12 heavy (non-hydrogen) atoms. The van der Waals surface area contributed by atoms with Crippen molar-refractivity contribution in [1.82, 2.24) is 0 Å². The lowest BCUT2D eigenvalue weighted by molar-refractivity contribution is -0.139. The average Bonchev–Trinajstić information content (AvgIpc) is 2.06. The summed E-state index contributed by atoms with van der Waals surface area (Å²) < 4.78 is 4.65. The van der Waals surface area contributed by atoms with Crippen LogP contribution in [0.2, 0.25) is 0 Å². The Morgan fingerprint density at radius 3 is 2.50 bits per heavy atom. The summed E-state index contributed by atoms with van der Waals surface area (Å²) in [4.78, 5) is 10.7. The Morgan fingerprint density at radius 1 is 1.42 bits per heavy atom. The van der Waals surface area contributed by atoms with Crippen molar-refractivity contribution < 1.29 is 14.6 Å². The Hall–Kier alpha value is -1.06. The molecule has 0 fully saturated rings. The van der Waals surface area contributed by atoms with Crippen LogP contribution < -0.4 is 4.74 Å². The Labute approximate surface area is 74.5 Å². The first kappa shape index (κ1) is 9.03. The summed E-state index contributed by atoms with van der Waals surface area (Å²) in [6, 6.07) is 8.40. The van der Waals surface area contributed by atoms with Crippen molar-refractivity contribution in [3.8, 4) is 5.75 Å². The maximum atomic E-state index is 10.7. The van der Waals surface area contributed by atoms with Gasteiger partial charge in [0.2, 0.25) is 5.56 Å². The molecule has 1 unspecified atom stereocenters. The van der Waals surface area contributed by atoms with Crippen molar-refractivity contribution in [3.63, 3.8) is 0 Å². The van der Waals surface area contributed by atoms with E-state index in [2.05, 4.69) is 4.74 Å². The Morgan fingerprint density at radius 2 is 2.00 bits per heavy atom. The molecule has 3 nitrogen and oxygen atoms in total. The van der Waals surface area contributed by atoms with Gasteiger partial charge in [-0.3, -0.25) is 0 Å². The molecule has 0 bridgehead atoms. The number of carbonyl (C=O) groups is 1. The Kier molecular flexibility index (Phi) is 3.08. The molecule has 1 aromatic carbocycles. The summed E-state index contributed by atoms with van der Waals surface area (Å²) in [5.74, 6) is -0.509. The van der Waals surface area contributed by atoms with Crippen LogP contribution >= 0.6 is 11.6 Å². The van der Waals surface area contributed by atoms with Crippen molar-refractivity contribution in [3.05, 3.63) is 30.3 Å². The Bertz CT molecular complexity index is 258. The predicted octanol–water partition coefficient (Wildman–Crippen LogP) is 1.15. The molecule has 0 saturated heterocycles. The molecule has 0 saturated carbocycles. The van der Waals surface area contributed by atoms with Gasteiger partial charge in [0.1, 0.15) is 5.75 Å². The second-order valence-electron chi connectivity index (χ2n) is 2.07. The minimum absolute atomic E-state index is 0.363. The number of ether oxygens (including phenoxy) is 1. The molecule has 0 heterocycles. The molecule has 0 amide bonds. The van der Waals surface area contributed by atoms with Gasteiger partial charge in [0.15, 0.2) is 0 Å². The van der Waals surface area contributed by atoms with Crippen LogP contribution in [0.4, 0.5) is 0 Å². The van der Waals surface area contributed by atoms with Gasteiger partial charge in [-0.05, 0) is 12.1 Å². The van der Waals surface area contributed by atoms with E-state index in [4.69, 9.17) is 16.7 Å². The van der Waals surface area contributed by atoms with Crippen LogP contribution in [0.25, 0.3) is 0 Å². The van der Waals surface area contributed by atoms with Crippen LogP contribution in [0.1, 0.15) is 0 Å². The number of halogens is 1. The molecular weight excluding hydrogens is 180 g/mol. The molecule has 0 spiro atoms. The number of esters is 1. The average molecular weight is 187 g/mol. The SMILES string of the molecule is O=C(Oc1ccccc1)C(O)Cl. The number of hydrogen-bond acceptors (Lipinski definition) is 3. The molecular formula is C8H7ClO3. The summed E-state index contributed by atoms with van der Waals surface area (Å²) in [5, 5.41) is 8.57. The number of aliphatic hydroxyl groups is 1. The lowest BCUT2D eigenvalue weighted by atomic mass is 10.3. The first-order chi connectivity index (χ1) is 5.70. The number of carbonyl (C=O) groups excluding carboxylic acids is 1. The molecule has 0 aliphatic carbocycles. The van der Waals surface area contributed by atoms with Gasteiger partial charge in [-0.2, -0.15) is 0 Å². The van der Waals surface area contributed by atoms with E-state index in [0.29, 0.717) is 5.75 Å². The van der Waals surface area contributed by atoms with E-state index >= 15 is 0 Å². The van der Waals surface area contributed by atoms with Crippen LogP contribution in [0.5, 0.6) is 5.75 Å². The van der Waals surface area contributed by atoms with E-state index in [-0.39, 0.29) is 0 Å². The summed E-state index contributed by atoms with van der Waals surface area (Å²) in [6.45, 7) is 0. The third kappa shape index (κ3) is 2.53. The highest BCUT2D eigenvalue weighted by molar-refractivity contribution is 6.28. The van der Waals surface area contributed by atoms with Gasteiger partial charge in [0, 0.05) is 0 Å². The van der Waals surface area contributed by atoms with E-state index in [0.717, 1.165) is 0 Å². The van der Waals surface area contributed by atoms with Gasteiger partial charge in [0.05, 0.1) is 0 Å². The van der Waals surface area contributed by atoms with E-state index in [1.54, 1.807) is 30.3 Å². The third-order valence-corrected chi connectivity index (χ3v) is 1.33. The van der Waals surface area contributed by atoms with Crippen LogP contribution in [0.3, 0.4) is 0 Å². The molecule has 0 aliphatic rings. The van der Waals surface area contributed by atoms with Crippen molar-refractivity contribution in [2.24, 2.45) is 0 Å². The van der Waals surface area contributed by atoms with Crippen LogP contribution in [0.15, 0.2) is 30.3 Å². The predicted molar refractivity (Wildman–Crippen MR) is 43.9 cm³/mol. The molecule has 1 aromatic rings. The summed E-state index contributed by atoms with van der Waals surface area (Å²) in [5.41, 5.74) is -1.61. The van der Waals surface area contributed by atoms with E-state index < -0.39 is 11.5 Å². The fourth-order valence-corrected chi connectivity index (χ4v) is 0.698. The standard InChI is InChI=1S/C8H7ClO3/c9-7(10)8(11)12-6-4-2-1-3-5-6/h1-5,7,10H. The first-order valence-electron chi connectivity index (χ1n) is 3.29. The van der Waals surface area contributed by atoms with E-state index in [1.807, 2.05) is 0 Å². The molecule has 1 rings (SSSR count).